The second-order valence-corrected chi connectivity index (χ2v) is 6.23. The van der Waals surface area contributed by atoms with E-state index in [9.17, 15) is 9.59 Å². The molecule has 0 aliphatic carbocycles. The molecule has 6 nitrogen and oxygen atoms in total. The number of carbonyl (C=O) groups excluding carboxylic acids is 1. The van der Waals surface area contributed by atoms with Gasteiger partial charge in [-0.3, -0.25) is 9.36 Å². The summed E-state index contributed by atoms with van der Waals surface area (Å²) in [4.78, 5) is 29.5. The van der Waals surface area contributed by atoms with Crippen LogP contribution >= 0.6 is 0 Å². The molecule has 4 aromatic rings. The fourth-order valence-electron chi connectivity index (χ4n) is 3.09. The maximum Gasteiger partial charge on any atom is 0.338 e. The van der Waals surface area contributed by atoms with Gasteiger partial charge in [0.1, 0.15) is 13.2 Å². The molecular weight excluding hydrogens is 354 g/mol. The zero-order valence-corrected chi connectivity index (χ0v) is 14.8. The normalized spacial score (nSPS) is 10.7. The highest BCUT2D eigenvalue weighted by atomic mass is 16.5. The number of nitriles is 1. The van der Waals surface area contributed by atoms with Crippen LogP contribution in [0.3, 0.4) is 0 Å². The van der Waals surface area contributed by atoms with Crippen molar-refractivity contribution in [2.45, 2.75) is 13.2 Å². The van der Waals surface area contributed by atoms with Gasteiger partial charge in [-0.1, -0.05) is 42.5 Å². The molecule has 136 valence electrons. The van der Waals surface area contributed by atoms with Crippen molar-refractivity contribution in [1.82, 2.24) is 9.55 Å². The second kappa shape index (κ2) is 7.33. The van der Waals surface area contributed by atoms with Crippen LogP contribution in [0.1, 0.15) is 16.2 Å². The van der Waals surface area contributed by atoms with Gasteiger partial charge < -0.3 is 4.74 Å². The number of aromatic nitrogens is 2. The lowest BCUT2D eigenvalue weighted by Crippen LogP contribution is -2.26. The van der Waals surface area contributed by atoms with Gasteiger partial charge in [-0.05, 0) is 35.0 Å². The molecule has 1 heterocycles. The molecular formula is C22H15N3O3. The maximum absolute atomic E-state index is 12.6. The predicted molar refractivity (Wildman–Crippen MR) is 105 cm³/mol. The molecule has 0 unspecified atom stereocenters. The summed E-state index contributed by atoms with van der Waals surface area (Å²) in [5, 5.41) is 11.4. The Morgan fingerprint density at radius 2 is 1.79 bits per heavy atom. The number of hydrogen-bond acceptors (Lipinski definition) is 5. The largest absolute Gasteiger partial charge is 0.454 e. The molecule has 0 N–H and O–H groups in total. The van der Waals surface area contributed by atoms with Gasteiger partial charge in [-0.2, -0.15) is 5.26 Å². The molecule has 0 radical (unpaired) electrons. The van der Waals surface area contributed by atoms with Crippen molar-refractivity contribution in [1.29, 1.82) is 5.26 Å². The van der Waals surface area contributed by atoms with Crippen molar-refractivity contribution < 1.29 is 9.53 Å². The molecule has 0 atom stereocenters. The number of nitrogens with zero attached hydrogens (tertiary/aromatic N) is 3. The minimum Gasteiger partial charge on any atom is -0.454 e. The molecule has 0 spiro atoms. The quantitative estimate of drug-likeness (QED) is 0.515. The van der Waals surface area contributed by atoms with Gasteiger partial charge in [0.05, 0.1) is 22.5 Å². The van der Waals surface area contributed by atoms with Crippen LogP contribution in [0.25, 0.3) is 21.7 Å². The average Bonchev–Trinajstić information content (AvgIpc) is 2.74. The van der Waals surface area contributed by atoms with Crippen LogP contribution in [0.4, 0.5) is 0 Å². The Hall–Kier alpha value is -3.98. The van der Waals surface area contributed by atoms with Crippen LogP contribution < -0.4 is 5.56 Å². The van der Waals surface area contributed by atoms with E-state index in [0.717, 1.165) is 10.8 Å². The first-order valence-corrected chi connectivity index (χ1v) is 8.69. The summed E-state index contributed by atoms with van der Waals surface area (Å²) in [6.07, 6.45) is 0. The zero-order chi connectivity index (χ0) is 19.5. The Labute approximate surface area is 160 Å². The third-order valence-corrected chi connectivity index (χ3v) is 4.49. The van der Waals surface area contributed by atoms with E-state index in [4.69, 9.17) is 10.00 Å². The highest BCUT2D eigenvalue weighted by molar-refractivity contribution is 5.95. The summed E-state index contributed by atoms with van der Waals surface area (Å²) in [5.41, 5.74) is 0.580. The highest BCUT2D eigenvalue weighted by Crippen LogP contribution is 2.17. The van der Waals surface area contributed by atoms with Gasteiger partial charge in [-0.25, -0.2) is 9.78 Å². The Kier molecular flexibility index (Phi) is 4.56. The number of fused-ring (bicyclic) bond motifs is 2. The molecule has 3 aromatic carbocycles. The van der Waals surface area contributed by atoms with Gasteiger partial charge >= 0.3 is 5.97 Å². The molecule has 4 rings (SSSR count). The fraction of sp³-hybridized carbons (Fsp3) is 0.0909. The van der Waals surface area contributed by atoms with Crippen molar-refractivity contribution in [3.8, 4) is 6.07 Å². The summed E-state index contributed by atoms with van der Waals surface area (Å²) >= 11 is 0. The lowest BCUT2D eigenvalue weighted by atomic mass is 10.1. The summed E-state index contributed by atoms with van der Waals surface area (Å²) in [6.45, 7) is -0.368. The number of hydrogen-bond donors (Lipinski definition) is 0. The van der Waals surface area contributed by atoms with Gasteiger partial charge in [0, 0.05) is 0 Å². The van der Waals surface area contributed by atoms with Crippen molar-refractivity contribution in [2.75, 3.05) is 0 Å². The maximum atomic E-state index is 12.6. The topological polar surface area (TPSA) is 85.0 Å². The third-order valence-electron chi connectivity index (χ3n) is 4.49. The average molecular weight is 369 g/mol. The van der Waals surface area contributed by atoms with Crippen LogP contribution in [0.5, 0.6) is 0 Å². The van der Waals surface area contributed by atoms with Crippen LogP contribution in [-0.4, -0.2) is 15.5 Å². The molecule has 0 aliphatic heterocycles. The molecule has 6 heteroatoms. The van der Waals surface area contributed by atoms with Crippen molar-refractivity contribution >= 4 is 27.6 Å². The Bertz CT molecular complexity index is 1300. The van der Waals surface area contributed by atoms with Crippen molar-refractivity contribution in [2.24, 2.45) is 0 Å². The van der Waals surface area contributed by atoms with Gasteiger partial charge in [0.15, 0.2) is 5.82 Å². The van der Waals surface area contributed by atoms with Crippen molar-refractivity contribution in [3.05, 3.63) is 88.5 Å². The number of ether oxygens (including phenoxy) is 1. The molecule has 0 bridgehead atoms. The van der Waals surface area contributed by atoms with Gasteiger partial charge in [0.25, 0.3) is 5.56 Å². The summed E-state index contributed by atoms with van der Waals surface area (Å²) in [6, 6.07) is 21.8. The summed E-state index contributed by atoms with van der Waals surface area (Å²) < 4.78 is 6.62. The van der Waals surface area contributed by atoms with Crippen LogP contribution in [0.2, 0.25) is 0 Å². The number of benzene rings is 3. The molecule has 28 heavy (non-hydrogen) atoms. The molecule has 0 aliphatic rings. The highest BCUT2D eigenvalue weighted by Gasteiger charge is 2.14. The predicted octanol–water partition coefficient (Wildman–Crippen LogP) is 3.43. The van der Waals surface area contributed by atoms with E-state index in [0.29, 0.717) is 16.5 Å². The molecule has 0 saturated heterocycles. The SMILES string of the molecule is N#CCn1c(COC(=O)c2ccc3ccccc3c2)nc2ccccc2c1=O. The van der Waals surface area contributed by atoms with E-state index in [1.807, 2.05) is 36.4 Å². The van der Waals surface area contributed by atoms with Crippen LogP contribution in [0, 0.1) is 11.3 Å². The van der Waals surface area contributed by atoms with Crippen LogP contribution in [0.15, 0.2) is 71.5 Å². The molecule has 1 aromatic heterocycles. The van der Waals surface area contributed by atoms with E-state index >= 15 is 0 Å². The fourth-order valence-corrected chi connectivity index (χ4v) is 3.09. The van der Waals surface area contributed by atoms with E-state index in [2.05, 4.69) is 4.98 Å². The number of carbonyl (C=O) groups is 1. The summed E-state index contributed by atoms with van der Waals surface area (Å²) in [5.74, 6) is -0.281. The monoisotopic (exact) mass is 369 g/mol. The molecule has 0 amide bonds. The Balaban J connectivity index is 1.64. The molecule has 0 fully saturated rings. The van der Waals surface area contributed by atoms with Gasteiger partial charge in [-0.15, -0.1) is 0 Å². The molecule has 0 saturated carbocycles. The summed E-state index contributed by atoms with van der Waals surface area (Å²) in [7, 11) is 0. The minimum atomic E-state index is -0.517. The standard InChI is InChI=1S/C22H15N3O3/c23-11-12-25-20(24-19-8-4-3-7-18(19)21(25)26)14-28-22(27)17-10-9-15-5-1-2-6-16(15)13-17/h1-10,13H,12,14H2. The van der Waals surface area contributed by atoms with Crippen molar-refractivity contribution in [3.63, 3.8) is 0 Å². The Morgan fingerprint density at radius 1 is 1.04 bits per heavy atom. The lowest BCUT2D eigenvalue weighted by Gasteiger charge is -2.11. The zero-order valence-electron chi connectivity index (χ0n) is 14.8. The van der Waals surface area contributed by atoms with E-state index < -0.39 is 5.97 Å². The lowest BCUT2D eigenvalue weighted by molar-refractivity contribution is 0.0457. The first-order valence-electron chi connectivity index (χ1n) is 8.69. The second-order valence-electron chi connectivity index (χ2n) is 6.23. The Morgan fingerprint density at radius 3 is 2.61 bits per heavy atom. The van der Waals surface area contributed by atoms with Crippen LogP contribution in [-0.2, 0) is 17.9 Å². The first kappa shape index (κ1) is 17.4. The minimum absolute atomic E-state index is 0.167. The number of esters is 1. The number of para-hydroxylation sites is 1. The number of rotatable bonds is 4. The van der Waals surface area contributed by atoms with E-state index in [1.165, 1.54) is 4.57 Å². The third kappa shape index (κ3) is 3.21. The first-order chi connectivity index (χ1) is 13.7. The van der Waals surface area contributed by atoms with Gasteiger partial charge in [0.2, 0.25) is 0 Å². The smallest absolute Gasteiger partial charge is 0.338 e. The van der Waals surface area contributed by atoms with E-state index in [1.54, 1.807) is 36.4 Å². The van der Waals surface area contributed by atoms with E-state index in [-0.39, 0.29) is 24.5 Å².